The number of hydrogen-bond acceptors (Lipinski definition) is 6. The van der Waals surface area contributed by atoms with E-state index in [1.54, 1.807) is 0 Å². The number of aliphatic hydroxyl groups excluding tert-OH is 2. The van der Waals surface area contributed by atoms with Crippen LogP contribution in [-0.4, -0.2) is 52.6 Å². The molecule has 0 saturated heterocycles. The van der Waals surface area contributed by atoms with Crippen molar-refractivity contribution >= 4 is 16.4 Å². The van der Waals surface area contributed by atoms with Crippen molar-refractivity contribution in [1.82, 2.24) is 0 Å². The predicted octanol–water partition coefficient (Wildman–Crippen LogP) is 3.28. The number of rotatable bonds is 6. The number of aliphatic hydroxyl groups is 2. The van der Waals surface area contributed by atoms with E-state index < -0.39 is 34.7 Å². The Morgan fingerprint density at radius 2 is 1.67 bits per heavy atom. The number of aliphatic carboxylic acids is 1. The Balaban J connectivity index is 1.69. The Kier molecular flexibility index (Phi) is 6.71. The van der Waals surface area contributed by atoms with E-state index in [2.05, 4.69) is 20.8 Å². The average Bonchev–Trinajstić information content (AvgIpc) is 3.07. The van der Waals surface area contributed by atoms with E-state index >= 15 is 0 Å². The van der Waals surface area contributed by atoms with Gasteiger partial charge in [0.2, 0.25) is 0 Å². The van der Waals surface area contributed by atoms with Gasteiger partial charge in [0.15, 0.2) is 0 Å². The zero-order valence-corrected chi connectivity index (χ0v) is 20.7. The molecular formula is C24H40O8S. The highest BCUT2D eigenvalue weighted by Gasteiger charge is 2.66. The third kappa shape index (κ3) is 4.37. The van der Waals surface area contributed by atoms with Gasteiger partial charge in [-0.25, -0.2) is 4.18 Å². The lowest BCUT2D eigenvalue weighted by Crippen LogP contribution is -2.65. The second-order valence-electron chi connectivity index (χ2n) is 11.9. The second-order valence-corrected chi connectivity index (χ2v) is 13.0. The van der Waals surface area contributed by atoms with E-state index in [9.17, 15) is 28.0 Å². The molecule has 0 unspecified atom stereocenters. The lowest BCUT2D eigenvalue weighted by atomic mass is 9.43. The van der Waals surface area contributed by atoms with Gasteiger partial charge < -0.3 is 15.3 Å². The summed E-state index contributed by atoms with van der Waals surface area (Å²) in [6.45, 7) is 6.55. The molecule has 0 bridgehead atoms. The highest BCUT2D eigenvalue weighted by atomic mass is 32.3. The lowest BCUT2D eigenvalue weighted by Gasteiger charge is -2.64. The molecule has 4 aliphatic carbocycles. The van der Waals surface area contributed by atoms with Gasteiger partial charge in [0.1, 0.15) is 6.10 Å². The van der Waals surface area contributed by atoms with Crippen LogP contribution >= 0.6 is 0 Å². The summed E-state index contributed by atoms with van der Waals surface area (Å²) in [6, 6.07) is 0. The van der Waals surface area contributed by atoms with Gasteiger partial charge in [-0.15, -0.1) is 0 Å². The van der Waals surface area contributed by atoms with Crippen molar-refractivity contribution in [2.24, 2.45) is 46.3 Å². The van der Waals surface area contributed by atoms with E-state index in [4.69, 9.17) is 9.29 Å². The summed E-state index contributed by atoms with van der Waals surface area (Å²) in [5.41, 5.74) is -0.326. The molecule has 0 heterocycles. The first-order valence-electron chi connectivity index (χ1n) is 12.5. The molecule has 4 saturated carbocycles. The molecule has 0 aromatic heterocycles. The molecule has 0 amide bonds. The number of fused-ring (bicyclic) bond motifs is 5. The van der Waals surface area contributed by atoms with Crippen molar-refractivity contribution < 1.29 is 37.3 Å². The minimum Gasteiger partial charge on any atom is -0.481 e. The number of carbonyl (C=O) groups is 1. The van der Waals surface area contributed by atoms with E-state index in [1.807, 2.05) is 0 Å². The number of carboxylic acids is 1. The van der Waals surface area contributed by atoms with E-state index in [-0.39, 0.29) is 46.8 Å². The highest BCUT2D eigenvalue weighted by molar-refractivity contribution is 7.80. The molecule has 0 spiro atoms. The van der Waals surface area contributed by atoms with Crippen molar-refractivity contribution in [2.75, 3.05) is 0 Å². The number of carboxylic acid groups (broad SMARTS) is 1. The molecular weight excluding hydrogens is 448 g/mol. The van der Waals surface area contributed by atoms with Gasteiger partial charge in [-0.05, 0) is 97.7 Å². The van der Waals surface area contributed by atoms with Gasteiger partial charge in [0, 0.05) is 6.42 Å². The summed E-state index contributed by atoms with van der Waals surface area (Å²) in [5.74, 6) is -0.476. The van der Waals surface area contributed by atoms with Crippen LogP contribution in [0.15, 0.2) is 0 Å². The van der Waals surface area contributed by atoms with Crippen molar-refractivity contribution in [3.63, 3.8) is 0 Å². The summed E-state index contributed by atoms with van der Waals surface area (Å²) in [7, 11) is -4.76. The molecule has 4 aliphatic rings. The van der Waals surface area contributed by atoms with Gasteiger partial charge in [-0.3, -0.25) is 9.35 Å². The zero-order chi connectivity index (χ0) is 24.3. The Morgan fingerprint density at radius 3 is 2.30 bits per heavy atom. The molecule has 8 nitrogen and oxygen atoms in total. The van der Waals surface area contributed by atoms with Gasteiger partial charge in [0.05, 0.1) is 12.2 Å². The maximum Gasteiger partial charge on any atom is 0.397 e. The Morgan fingerprint density at radius 1 is 1.03 bits per heavy atom. The summed E-state index contributed by atoms with van der Waals surface area (Å²) in [5, 5.41) is 30.8. The van der Waals surface area contributed by atoms with Gasteiger partial charge in [-0.2, -0.15) is 8.42 Å². The van der Waals surface area contributed by atoms with Gasteiger partial charge in [0.25, 0.3) is 0 Å². The standard InChI is InChI=1S/C24H40O8S/c1-13(4-7-19(26)27)15-5-6-16-20-17(9-11-23(15,16)2)24(3)10-8-14(25)12-18(24)21(28)22(20)32-33(29,30)31/h13-18,20-22,25,28H,4-12H2,1-3H3,(H,26,27)(H,29,30,31)/t13-,14-,15-,16+,17+,18+,20+,21+,22+,23-,24-/m1/s1. The molecule has 4 fully saturated rings. The van der Waals surface area contributed by atoms with Crippen molar-refractivity contribution in [3.8, 4) is 0 Å². The summed E-state index contributed by atoms with van der Waals surface area (Å²) < 4.78 is 38.5. The van der Waals surface area contributed by atoms with Crippen LogP contribution in [0.4, 0.5) is 0 Å². The molecule has 0 aliphatic heterocycles. The van der Waals surface area contributed by atoms with Crippen molar-refractivity contribution in [2.45, 2.75) is 96.9 Å². The third-order valence-electron chi connectivity index (χ3n) is 10.5. The van der Waals surface area contributed by atoms with Crippen LogP contribution in [0.3, 0.4) is 0 Å². The predicted molar refractivity (Wildman–Crippen MR) is 120 cm³/mol. The van der Waals surface area contributed by atoms with Crippen LogP contribution < -0.4 is 0 Å². The molecule has 190 valence electrons. The topological polar surface area (TPSA) is 141 Å². The average molecular weight is 489 g/mol. The quantitative estimate of drug-likeness (QED) is 0.417. The summed E-state index contributed by atoms with van der Waals surface area (Å²) in [4.78, 5) is 11.1. The molecule has 0 radical (unpaired) electrons. The summed E-state index contributed by atoms with van der Waals surface area (Å²) in [6.07, 6.45) is 3.62. The fourth-order valence-corrected chi connectivity index (χ4v) is 9.52. The molecule has 4 N–H and O–H groups in total. The second kappa shape index (κ2) is 8.73. The first-order chi connectivity index (χ1) is 15.3. The van der Waals surface area contributed by atoms with Gasteiger partial charge >= 0.3 is 16.4 Å². The summed E-state index contributed by atoms with van der Waals surface area (Å²) >= 11 is 0. The Hall–Kier alpha value is -0.740. The molecule has 11 atom stereocenters. The highest BCUT2D eigenvalue weighted by Crippen LogP contribution is 2.68. The molecule has 33 heavy (non-hydrogen) atoms. The Labute approximate surface area is 197 Å². The monoisotopic (exact) mass is 488 g/mol. The minimum atomic E-state index is -4.76. The van der Waals surface area contributed by atoms with Crippen LogP contribution in [0.25, 0.3) is 0 Å². The lowest BCUT2D eigenvalue weighted by molar-refractivity contribution is -0.216. The van der Waals surface area contributed by atoms with Crippen molar-refractivity contribution in [1.29, 1.82) is 0 Å². The fourth-order valence-electron chi connectivity index (χ4n) is 9.00. The maximum absolute atomic E-state index is 11.8. The minimum absolute atomic E-state index is 0.100. The first kappa shape index (κ1) is 25.4. The molecule has 0 aromatic carbocycles. The largest absolute Gasteiger partial charge is 0.481 e. The normalized spacial score (nSPS) is 48.4. The smallest absolute Gasteiger partial charge is 0.397 e. The van der Waals surface area contributed by atoms with Crippen LogP contribution in [0.5, 0.6) is 0 Å². The molecule has 0 aromatic rings. The van der Waals surface area contributed by atoms with E-state index in [1.165, 1.54) is 0 Å². The van der Waals surface area contributed by atoms with Crippen LogP contribution in [0.2, 0.25) is 0 Å². The first-order valence-corrected chi connectivity index (χ1v) is 13.9. The van der Waals surface area contributed by atoms with E-state index in [0.29, 0.717) is 25.2 Å². The van der Waals surface area contributed by atoms with Crippen molar-refractivity contribution in [3.05, 3.63) is 0 Å². The number of hydrogen-bond donors (Lipinski definition) is 4. The molecule has 4 rings (SSSR count). The van der Waals surface area contributed by atoms with Crippen LogP contribution in [0, 0.1) is 46.3 Å². The zero-order valence-electron chi connectivity index (χ0n) is 19.9. The maximum atomic E-state index is 11.8. The van der Waals surface area contributed by atoms with E-state index in [0.717, 1.165) is 32.1 Å². The van der Waals surface area contributed by atoms with Crippen LogP contribution in [-0.2, 0) is 19.4 Å². The third-order valence-corrected chi connectivity index (χ3v) is 11.0. The SMILES string of the molecule is C[C@H](CCC(=O)O)[C@H]1CC[C@H]2[C@@H]3[C@H](OS(=O)(=O)O)[C@@H](O)[C@@H]4C[C@H](O)CC[C@]4(C)[C@H]3CC[C@]12C. The molecule has 9 heteroatoms. The Bertz CT molecular complexity index is 861. The fraction of sp³-hybridized carbons (Fsp3) is 0.958. The van der Waals surface area contributed by atoms with Gasteiger partial charge in [-0.1, -0.05) is 20.8 Å². The van der Waals surface area contributed by atoms with Crippen LogP contribution in [0.1, 0.15) is 78.6 Å².